The minimum Gasteiger partial charge on any atom is -0.328 e. The molecule has 0 saturated carbocycles. The van der Waals surface area contributed by atoms with Gasteiger partial charge in [-0.2, -0.15) is 4.98 Å². The molecule has 0 unspecified atom stereocenters. The second-order valence-corrected chi connectivity index (χ2v) is 10.1. The van der Waals surface area contributed by atoms with Gasteiger partial charge in [0.1, 0.15) is 6.04 Å². The van der Waals surface area contributed by atoms with Crippen LogP contribution in [0.2, 0.25) is 5.02 Å². The maximum Gasteiger partial charge on any atom is 0.255 e. The Bertz CT molecular complexity index is 1500. The van der Waals surface area contributed by atoms with E-state index in [1.54, 1.807) is 10.7 Å². The quantitative estimate of drug-likeness (QED) is 0.221. The van der Waals surface area contributed by atoms with Gasteiger partial charge in [-0.1, -0.05) is 83.5 Å². The average molecular weight is 530 g/mol. The lowest BCUT2D eigenvalue weighted by atomic mass is 9.95. The van der Waals surface area contributed by atoms with E-state index in [0.717, 1.165) is 11.1 Å². The fraction of sp³-hybridized carbons (Fsp3) is 0.143. The minimum absolute atomic E-state index is 0.00523. The fourth-order valence-electron chi connectivity index (χ4n) is 4.14. The molecule has 4 aromatic rings. The highest BCUT2D eigenvalue weighted by molar-refractivity contribution is 7.99. The normalized spacial score (nSPS) is 14.6. The number of aromatic nitrogens is 3. The summed E-state index contributed by atoms with van der Waals surface area (Å²) in [7, 11) is 0. The molecule has 1 atom stereocenters. The molecule has 1 aromatic heterocycles. The molecule has 0 radical (unpaired) electrons. The van der Waals surface area contributed by atoms with Gasteiger partial charge in [0.25, 0.3) is 5.91 Å². The lowest BCUT2D eigenvalue weighted by Crippen LogP contribution is -2.31. The first-order valence-corrected chi connectivity index (χ1v) is 13.0. The number of para-hydroxylation sites is 1. The summed E-state index contributed by atoms with van der Waals surface area (Å²) >= 11 is 7.58. The second kappa shape index (κ2) is 10.6. The molecule has 0 spiro atoms. The highest BCUT2D eigenvalue weighted by Gasteiger charge is 2.34. The Hall–Kier alpha value is -3.88. The van der Waals surface area contributed by atoms with Crippen LogP contribution in [0, 0.1) is 6.92 Å². The molecule has 0 saturated heterocycles. The molecule has 1 aliphatic rings. The molecule has 0 fully saturated rings. The van der Waals surface area contributed by atoms with Gasteiger partial charge >= 0.3 is 0 Å². The summed E-state index contributed by atoms with van der Waals surface area (Å²) in [4.78, 5) is 30.8. The molecule has 3 aromatic carbocycles. The van der Waals surface area contributed by atoms with Crippen LogP contribution in [0.4, 0.5) is 11.6 Å². The number of hydrogen-bond donors (Lipinski definition) is 2. The first kappa shape index (κ1) is 24.8. The molecule has 2 N–H and O–H groups in total. The van der Waals surface area contributed by atoms with E-state index in [9.17, 15) is 9.59 Å². The second-order valence-electron chi connectivity index (χ2n) is 8.68. The highest BCUT2D eigenvalue weighted by Crippen LogP contribution is 2.37. The standard InChI is InChI=1S/C28H24ClN5O2S/c1-17-11-13-19(14-12-17)23(35)16-37-28-32-27-30-18(2)24(26(36)31-22-9-4-3-5-10-22)25(34(27)33-28)20-7-6-8-21(29)15-20/h3-15,25H,16H2,1-2H3,(H,31,36)(H,30,32,33)/t25-/m0/s1. The van der Waals surface area contributed by atoms with E-state index in [4.69, 9.17) is 11.6 Å². The van der Waals surface area contributed by atoms with Gasteiger partial charge in [0.2, 0.25) is 11.1 Å². The number of carbonyl (C=O) groups is 2. The molecule has 1 aliphatic heterocycles. The van der Waals surface area contributed by atoms with Crippen LogP contribution in [0.5, 0.6) is 0 Å². The Morgan fingerprint density at radius 1 is 1.03 bits per heavy atom. The van der Waals surface area contributed by atoms with E-state index in [-0.39, 0.29) is 17.4 Å². The number of anilines is 2. The van der Waals surface area contributed by atoms with Gasteiger partial charge in [-0.15, -0.1) is 5.10 Å². The number of benzene rings is 3. The van der Waals surface area contributed by atoms with Crippen molar-refractivity contribution in [1.29, 1.82) is 0 Å². The van der Waals surface area contributed by atoms with Crippen molar-refractivity contribution in [3.8, 4) is 0 Å². The first-order valence-electron chi connectivity index (χ1n) is 11.7. The lowest BCUT2D eigenvalue weighted by Gasteiger charge is -2.28. The molecule has 186 valence electrons. The number of Topliss-reactive ketones (excluding diaryl/α,β-unsaturated/α-hetero) is 1. The maximum atomic E-state index is 13.5. The Kier molecular flexibility index (Phi) is 7.12. The monoisotopic (exact) mass is 529 g/mol. The SMILES string of the molecule is CC1=C(C(=O)Nc2ccccc2)[C@H](c2cccc(Cl)c2)n2nc(SCC(=O)c3ccc(C)cc3)nc2N1. The lowest BCUT2D eigenvalue weighted by molar-refractivity contribution is -0.113. The number of fused-ring (bicyclic) bond motifs is 1. The Morgan fingerprint density at radius 2 is 1.78 bits per heavy atom. The van der Waals surface area contributed by atoms with Crippen LogP contribution < -0.4 is 10.6 Å². The molecule has 7 nitrogen and oxygen atoms in total. The molecular formula is C28H24ClN5O2S. The Morgan fingerprint density at radius 3 is 2.51 bits per heavy atom. The molecule has 2 heterocycles. The van der Waals surface area contributed by atoms with Crippen molar-refractivity contribution in [3.63, 3.8) is 0 Å². The summed E-state index contributed by atoms with van der Waals surface area (Å²) < 4.78 is 1.68. The van der Waals surface area contributed by atoms with Crippen molar-refractivity contribution in [3.05, 3.63) is 112 Å². The highest BCUT2D eigenvalue weighted by atomic mass is 35.5. The zero-order chi connectivity index (χ0) is 25.9. The van der Waals surface area contributed by atoms with E-state index in [1.165, 1.54) is 11.8 Å². The molecule has 1 amide bonds. The molecule has 9 heteroatoms. The molecule has 37 heavy (non-hydrogen) atoms. The Balaban J connectivity index is 1.45. The summed E-state index contributed by atoms with van der Waals surface area (Å²) in [5.41, 5.74) is 4.38. The van der Waals surface area contributed by atoms with Crippen molar-refractivity contribution in [2.45, 2.75) is 25.0 Å². The van der Waals surface area contributed by atoms with Gasteiger partial charge in [-0.3, -0.25) is 9.59 Å². The van der Waals surface area contributed by atoms with Crippen LogP contribution in [0.3, 0.4) is 0 Å². The number of nitrogens with one attached hydrogen (secondary N) is 2. The number of carbonyl (C=O) groups excluding carboxylic acids is 2. The number of amides is 1. The van der Waals surface area contributed by atoms with E-state index in [1.807, 2.05) is 86.6 Å². The van der Waals surface area contributed by atoms with Crippen LogP contribution in [-0.2, 0) is 4.79 Å². The minimum atomic E-state index is -0.562. The van der Waals surface area contributed by atoms with Gasteiger partial charge in [0.05, 0.1) is 11.3 Å². The van der Waals surface area contributed by atoms with Gasteiger partial charge in [-0.05, 0) is 43.7 Å². The van der Waals surface area contributed by atoms with Gasteiger partial charge in [0.15, 0.2) is 5.78 Å². The topological polar surface area (TPSA) is 88.9 Å². The molecular weight excluding hydrogens is 506 g/mol. The number of halogens is 1. The number of aryl methyl sites for hydroxylation is 1. The molecule has 5 rings (SSSR count). The van der Waals surface area contributed by atoms with E-state index < -0.39 is 6.04 Å². The number of rotatable bonds is 7. The summed E-state index contributed by atoms with van der Waals surface area (Å²) in [5.74, 6) is 0.423. The third-order valence-corrected chi connectivity index (χ3v) is 7.05. The number of ketones is 1. The van der Waals surface area contributed by atoms with Crippen LogP contribution >= 0.6 is 23.4 Å². The average Bonchev–Trinajstić information content (AvgIpc) is 3.29. The third-order valence-electron chi connectivity index (χ3n) is 5.98. The van der Waals surface area contributed by atoms with Crippen LogP contribution in [0.15, 0.2) is 95.3 Å². The van der Waals surface area contributed by atoms with Crippen molar-refractivity contribution in [1.82, 2.24) is 14.8 Å². The zero-order valence-electron chi connectivity index (χ0n) is 20.2. The van der Waals surface area contributed by atoms with E-state index in [2.05, 4.69) is 20.7 Å². The first-order chi connectivity index (χ1) is 17.9. The smallest absolute Gasteiger partial charge is 0.255 e. The van der Waals surface area contributed by atoms with Gasteiger partial charge in [-0.25, -0.2) is 4.68 Å². The predicted octanol–water partition coefficient (Wildman–Crippen LogP) is 6.14. The zero-order valence-corrected chi connectivity index (χ0v) is 21.8. The predicted molar refractivity (Wildman–Crippen MR) is 147 cm³/mol. The maximum absolute atomic E-state index is 13.5. The van der Waals surface area contributed by atoms with Crippen molar-refractivity contribution < 1.29 is 9.59 Å². The number of nitrogens with zero attached hydrogens (tertiary/aromatic N) is 3. The van der Waals surface area contributed by atoms with Crippen molar-refractivity contribution in [2.75, 3.05) is 16.4 Å². The van der Waals surface area contributed by atoms with E-state index in [0.29, 0.717) is 38.6 Å². The number of allylic oxidation sites excluding steroid dienone is 1. The summed E-state index contributed by atoms with van der Waals surface area (Å²) in [6.07, 6.45) is 0. The van der Waals surface area contributed by atoms with E-state index >= 15 is 0 Å². The summed E-state index contributed by atoms with van der Waals surface area (Å²) in [6, 6.07) is 23.6. The number of hydrogen-bond acceptors (Lipinski definition) is 6. The largest absolute Gasteiger partial charge is 0.328 e. The molecule has 0 bridgehead atoms. The Labute approximate surface area is 224 Å². The third kappa shape index (κ3) is 5.45. The van der Waals surface area contributed by atoms with Gasteiger partial charge in [0, 0.05) is 22.0 Å². The van der Waals surface area contributed by atoms with Gasteiger partial charge < -0.3 is 10.6 Å². The van der Waals surface area contributed by atoms with Crippen LogP contribution in [0.1, 0.15) is 34.5 Å². The summed E-state index contributed by atoms with van der Waals surface area (Å²) in [5, 5.41) is 11.9. The van der Waals surface area contributed by atoms with Crippen LogP contribution in [0.25, 0.3) is 0 Å². The molecule has 0 aliphatic carbocycles. The number of thioether (sulfide) groups is 1. The van der Waals surface area contributed by atoms with Crippen molar-refractivity contribution >= 4 is 46.7 Å². The summed E-state index contributed by atoms with van der Waals surface area (Å²) in [6.45, 7) is 3.82. The van der Waals surface area contributed by atoms with Crippen LogP contribution in [-0.4, -0.2) is 32.2 Å². The van der Waals surface area contributed by atoms with Crippen molar-refractivity contribution in [2.24, 2.45) is 0 Å². The fourth-order valence-corrected chi connectivity index (χ4v) is 5.07.